The van der Waals surface area contributed by atoms with Gasteiger partial charge in [0.2, 0.25) is 5.76 Å². The highest BCUT2D eigenvalue weighted by atomic mass is 35.5. The van der Waals surface area contributed by atoms with E-state index < -0.39 is 0 Å². The summed E-state index contributed by atoms with van der Waals surface area (Å²) < 4.78 is 6.36. The van der Waals surface area contributed by atoms with Crippen LogP contribution in [0.5, 0.6) is 0 Å². The summed E-state index contributed by atoms with van der Waals surface area (Å²) in [6, 6.07) is 49.2. The fourth-order valence-corrected chi connectivity index (χ4v) is 6.60. The van der Waals surface area contributed by atoms with E-state index in [0.717, 1.165) is 72.4 Å². The van der Waals surface area contributed by atoms with Crippen molar-refractivity contribution in [1.29, 1.82) is 0 Å². The number of fused-ring (bicyclic) bond motifs is 5. The molecule has 0 aliphatic heterocycles. The Bertz CT molecular complexity index is 2530. The summed E-state index contributed by atoms with van der Waals surface area (Å²) >= 11 is 6.38. The minimum absolute atomic E-state index is 0.564. The molecule has 48 heavy (non-hydrogen) atoms. The lowest BCUT2D eigenvalue weighted by Gasteiger charge is -2.13. The van der Waals surface area contributed by atoms with Crippen molar-refractivity contribution in [3.63, 3.8) is 0 Å². The maximum Gasteiger partial charge on any atom is 0.224 e. The molecular weight excluding hydrogens is 610 g/mol. The standard InChI is InChI=1S/C43H25ClN3O/c44-33-16-9-15-32(25-33)42-45-41(28-11-2-1-3-12-28)46-43(47-42)36-19-7-6-17-34(36)31-14-8-13-29(24-31)30-20-22-37-39(26-30)48-38-23-21-27-10-4-5-18-35(27)40(37)38/h1-20,22-26H/q+1. The van der Waals surface area contributed by atoms with Crippen molar-refractivity contribution in [1.82, 2.24) is 15.0 Å². The largest absolute Gasteiger partial charge is 0.411 e. The predicted octanol–water partition coefficient (Wildman–Crippen LogP) is 11.5. The quantitative estimate of drug-likeness (QED) is 0.177. The van der Waals surface area contributed by atoms with Crippen molar-refractivity contribution in [2.75, 3.05) is 0 Å². The second kappa shape index (κ2) is 11.6. The molecule has 1 aliphatic rings. The van der Waals surface area contributed by atoms with Crippen molar-refractivity contribution in [3.05, 3.63) is 168 Å². The van der Waals surface area contributed by atoms with E-state index in [4.69, 9.17) is 31.0 Å². The van der Waals surface area contributed by atoms with Gasteiger partial charge in [-0.05, 0) is 70.8 Å². The first-order valence-electron chi connectivity index (χ1n) is 15.7. The zero-order valence-electron chi connectivity index (χ0n) is 25.6. The van der Waals surface area contributed by atoms with Crippen LogP contribution in [0.25, 0.3) is 84.6 Å². The Morgan fingerprint density at radius 1 is 0.479 bits per heavy atom. The third-order valence-electron chi connectivity index (χ3n) is 8.70. The topological polar surface area (TPSA) is 51.8 Å². The summed E-state index contributed by atoms with van der Waals surface area (Å²) in [5.74, 6) is 2.60. The Morgan fingerprint density at radius 3 is 1.98 bits per heavy atom. The van der Waals surface area contributed by atoms with Crippen LogP contribution in [0.3, 0.4) is 0 Å². The highest BCUT2D eigenvalue weighted by Gasteiger charge is 2.27. The van der Waals surface area contributed by atoms with Crippen LogP contribution in [0, 0.1) is 6.08 Å². The number of benzene rings is 6. The van der Waals surface area contributed by atoms with Gasteiger partial charge in [-0.1, -0.05) is 103 Å². The average Bonchev–Trinajstić information content (AvgIpc) is 3.54. The fourth-order valence-electron chi connectivity index (χ4n) is 6.41. The maximum absolute atomic E-state index is 6.38. The van der Waals surface area contributed by atoms with Gasteiger partial charge in [0.15, 0.2) is 28.6 Å². The molecule has 0 saturated heterocycles. The van der Waals surface area contributed by atoms with E-state index in [9.17, 15) is 0 Å². The lowest BCUT2D eigenvalue weighted by molar-refractivity contribution is 0.605. The third-order valence-corrected chi connectivity index (χ3v) is 8.93. The van der Waals surface area contributed by atoms with Crippen LogP contribution >= 0.6 is 11.6 Å². The van der Waals surface area contributed by atoms with Gasteiger partial charge in [0.25, 0.3) is 0 Å². The lowest BCUT2D eigenvalue weighted by Crippen LogP contribution is -2.01. The van der Waals surface area contributed by atoms with Crippen molar-refractivity contribution in [3.8, 4) is 67.5 Å². The van der Waals surface area contributed by atoms with Gasteiger partial charge in [0.1, 0.15) is 11.6 Å². The third kappa shape index (κ3) is 4.97. The molecule has 0 saturated carbocycles. The first-order valence-corrected chi connectivity index (χ1v) is 16.1. The summed E-state index contributed by atoms with van der Waals surface area (Å²) in [4.78, 5) is 14.8. The molecule has 1 aliphatic carbocycles. The molecule has 0 unspecified atom stereocenters. The molecule has 0 N–H and O–H groups in total. The van der Waals surface area contributed by atoms with Gasteiger partial charge in [0.05, 0.1) is 10.9 Å². The van der Waals surface area contributed by atoms with Crippen LogP contribution < -0.4 is 0 Å². The normalized spacial score (nSPS) is 11.6. The van der Waals surface area contributed by atoms with E-state index in [1.807, 2.05) is 78.9 Å². The Hall–Kier alpha value is -6.19. The Balaban J connectivity index is 1.14. The van der Waals surface area contributed by atoms with E-state index in [1.165, 1.54) is 0 Å². The first-order chi connectivity index (χ1) is 23.7. The molecule has 224 valence electrons. The number of nitrogens with zero attached hydrogens (tertiary/aromatic N) is 3. The summed E-state index contributed by atoms with van der Waals surface area (Å²) in [7, 11) is 0. The molecular formula is C43H25ClN3O+. The average molecular weight is 635 g/mol. The smallest absolute Gasteiger partial charge is 0.224 e. The zero-order valence-corrected chi connectivity index (χ0v) is 26.3. The number of aromatic nitrogens is 3. The highest BCUT2D eigenvalue weighted by Crippen LogP contribution is 2.42. The molecule has 0 spiro atoms. The SMILES string of the molecule is Clc1cccc(-c2nc(-c3ccccc3)nc(-c3ccccc3-c3cccc(-c4ccc5c6c(oc5c4)C=[C+]c4ccccc4-6)c3)n2)c1. The van der Waals surface area contributed by atoms with Crippen molar-refractivity contribution < 1.29 is 4.42 Å². The minimum atomic E-state index is 0.564. The number of hydrogen-bond acceptors (Lipinski definition) is 4. The van der Waals surface area contributed by atoms with Gasteiger partial charge in [-0.15, -0.1) is 0 Å². The number of halogens is 1. The summed E-state index contributed by atoms with van der Waals surface area (Å²) in [5.41, 5.74) is 11.1. The van der Waals surface area contributed by atoms with Gasteiger partial charge in [-0.3, -0.25) is 0 Å². The van der Waals surface area contributed by atoms with E-state index in [1.54, 1.807) is 0 Å². The van der Waals surface area contributed by atoms with Gasteiger partial charge < -0.3 is 4.42 Å². The van der Waals surface area contributed by atoms with Gasteiger partial charge >= 0.3 is 0 Å². The van der Waals surface area contributed by atoms with E-state index in [2.05, 4.69) is 78.9 Å². The molecule has 0 bridgehead atoms. The van der Waals surface area contributed by atoms with Crippen LogP contribution in [0.4, 0.5) is 0 Å². The molecule has 2 heterocycles. The summed E-state index contributed by atoms with van der Waals surface area (Å²) in [6.07, 6.45) is 5.30. The van der Waals surface area contributed by atoms with Gasteiger partial charge in [-0.2, -0.15) is 0 Å². The Kier molecular flexibility index (Phi) is 6.76. The molecule has 4 nitrogen and oxygen atoms in total. The molecule has 5 heteroatoms. The monoisotopic (exact) mass is 634 g/mol. The lowest BCUT2D eigenvalue weighted by atomic mass is 9.92. The molecule has 0 atom stereocenters. The van der Waals surface area contributed by atoms with Crippen LogP contribution in [0.1, 0.15) is 11.3 Å². The molecule has 9 rings (SSSR count). The molecule has 0 amide bonds. The minimum Gasteiger partial charge on any atom is -0.411 e. The zero-order chi connectivity index (χ0) is 32.0. The predicted molar refractivity (Wildman–Crippen MR) is 194 cm³/mol. The van der Waals surface area contributed by atoms with E-state index in [0.29, 0.717) is 22.5 Å². The Morgan fingerprint density at radius 2 is 1.12 bits per heavy atom. The van der Waals surface area contributed by atoms with Crippen LogP contribution in [0.15, 0.2) is 150 Å². The molecule has 8 aromatic rings. The summed E-state index contributed by atoms with van der Waals surface area (Å²) in [6.45, 7) is 0. The number of rotatable bonds is 5. The van der Waals surface area contributed by atoms with Crippen LogP contribution in [-0.4, -0.2) is 15.0 Å². The van der Waals surface area contributed by atoms with Crippen LogP contribution in [0.2, 0.25) is 5.02 Å². The maximum atomic E-state index is 6.38. The summed E-state index contributed by atoms with van der Waals surface area (Å²) in [5, 5.41) is 1.72. The molecule has 0 fully saturated rings. The van der Waals surface area contributed by atoms with Crippen molar-refractivity contribution in [2.45, 2.75) is 0 Å². The molecule has 6 aromatic carbocycles. The molecule has 2 aromatic heterocycles. The van der Waals surface area contributed by atoms with Crippen molar-refractivity contribution in [2.24, 2.45) is 0 Å². The highest BCUT2D eigenvalue weighted by molar-refractivity contribution is 6.30. The van der Waals surface area contributed by atoms with Gasteiger partial charge in [0, 0.05) is 33.9 Å². The fraction of sp³-hybridized carbons (Fsp3) is 0. The second-order valence-electron chi connectivity index (χ2n) is 11.7. The molecule has 0 radical (unpaired) electrons. The number of hydrogen-bond donors (Lipinski definition) is 0. The second-order valence-corrected chi connectivity index (χ2v) is 12.1. The van der Waals surface area contributed by atoms with Crippen LogP contribution in [-0.2, 0) is 0 Å². The van der Waals surface area contributed by atoms with E-state index >= 15 is 0 Å². The number of furan rings is 1. The van der Waals surface area contributed by atoms with E-state index in [-0.39, 0.29) is 0 Å². The van der Waals surface area contributed by atoms with Crippen molar-refractivity contribution >= 4 is 28.6 Å². The Labute approximate surface area is 282 Å². The first kappa shape index (κ1) is 28.1. The van der Waals surface area contributed by atoms with Gasteiger partial charge in [-0.25, -0.2) is 15.0 Å².